The van der Waals surface area contributed by atoms with Gasteiger partial charge in [-0.2, -0.15) is 0 Å². The first-order valence-electron chi connectivity index (χ1n) is 6.14. The van der Waals surface area contributed by atoms with Crippen molar-refractivity contribution in [3.05, 3.63) is 53.6 Å². The molecule has 1 amide bonds. The van der Waals surface area contributed by atoms with Gasteiger partial charge in [0.15, 0.2) is 0 Å². The molecule has 0 atom stereocenters. The average molecular weight is 269 g/mol. The predicted octanol–water partition coefficient (Wildman–Crippen LogP) is 3.02. The predicted molar refractivity (Wildman–Crippen MR) is 77.6 cm³/mol. The van der Waals surface area contributed by atoms with Crippen LogP contribution in [0, 0.1) is 6.92 Å². The Morgan fingerprint density at radius 3 is 2.40 bits per heavy atom. The maximum atomic E-state index is 11.7. The van der Waals surface area contributed by atoms with Crippen LogP contribution in [0.3, 0.4) is 0 Å². The SMILES string of the molecule is COC(=O)c1cc(NC=O)cc(-c2ccc(C)cc2)c1. The second-order valence-electron chi connectivity index (χ2n) is 4.42. The highest BCUT2D eigenvalue weighted by Crippen LogP contribution is 2.25. The standard InChI is InChI=1S/C16H15NO3/c1-11-3-5-12(6-4-11)13-7-14(16(19)20-2)9-15(8-13)17-10-18/h3-10H,1-2H3,(H,17,18). The number of aryl methyl sites for hydroxylation is 1. The molecule has 0 heterocycles. The van der Waals surface area contributed by atoms with Crippen molar-refractivity contribution >= 4 is 18.1 Å². The fraction of sp³-hybridized carbons (Fsp3) is 0.125. The fourth-order valence-electron chi connectivity index (χ4n) is 1.93. The third kappa shape index (κ3) is 3.03. The Kier molecular flexibility index (Phi) is 4.15. The molecular formula is C16H15NO3. The van der Waals surface area contributed by atoms with E-state index < -0.39 is 5.97 Å². The van der Waals surface area contributed by atoms with Gasteiger partial charge in [-0.25, -0.2) is 4.79 Å². The number of hydrogen-bond acceptors (Lipinski definition) is 3. The van der Waals surface area contributed by atoms with Crippen molar-refractivity contribution in [1.82, 2.24) is 0 Å². The molecule has 0 radical (unpaired) electrons. The lowest BCUT2D eigenvalue weighted by Gasteiger charge is -2.08. The monoisotopic (exact) mass is 269 g/mol. The van der Waals surface area contributed by atoms with Gasteiger partial charge in [-0.05, 0) is 36.2 Å². The van der Waals surface area contributed by atoms with Gasteiger partial charge < -0.3 is 10.1 Å². The van der Waals surface area contributed by atoms with Gasteiger partial charge in [-0.1, -0.05) is 29.8 Å². The van der Waals surface area contributed by atoms with Crippen LogP contribution in [0.1, 0.15) is 15.9 Å². The number of carbonyl (C=O) groups is 2. The van der Waals surface area contributed by atoms with E-state index >= 15 is 0 Å². The van der Waals surface area contributed by atoms with Crippen LogP contribution in [-0.2, 0) is 9.53 Å². The van der Waals surface area contributed by atoms with Gasteiger partial charge in [0, 0.05) is 5.69 Å². The second kappa shape index (κ2) is 6.02. The molecule has 4 heteroatoms. The Morgan fingerprint density at radius 1 is 1.10 bits per heavy atom. The number of amides is 1. The Bertz CT molecular complexity index is 633. The summed E-state index contributed by atoms with van der Waals surface area (Å²) in [4.78, 5) is 22.3. The van der Waals surface area contributed by atoms with E-state index in [0.717, 1.165) is 16.7 Å². The van der Waals surface area contributed by atoms with Gasteiger partial charge >= 0.3 is 5.97 Å². The fourth-order valence-corrected chi connectivity index (χ4v) is 1.93. The molecule has 0 aliphatic carbocycles. The zero-order valence-corrected chi connectivity index (χ0v) is 11.3. The highest BCUT2D eigenvalue weighted by Gasteiger charge is 2.10. The maximum absolute atomic E-state index is 11.7. The second-order valence-corrected chi connectivity index (χ2v) is 4.42. The van der Waals surface area contributed by atoms with Crippen LogP contribution in [0.25, 0.3) is 11.1 Å². The van der Waals surface area contributed by atoms with E-state index in [0.29, 0.717) is 17.7 Å². The van der Waals surface area contributed by atoms with Gasteiger partial charge in [0.2, 0.25) is 6.41 Å². The summed E-state index contributed by atoms with van der Waals surface area (Å²) in [6, 6.07) is 13.1. The molecule has 2 aromatic rings. The Hall–Kier alpha value is -2.62. The number of hydrogen-bond donors (Lipinski definition) is 1. The van der Waals surface area contributed by atoms with Crippen molar-refractivity contribution in [2.75, 3.05) is 12.4 Å². The van der Waals surface area contributed by atoms with Crippen LogP contribution in [0.5, 0.6) is 0 Å². The number of ether oxygens (including phenoxy) is 1. The number of esters is 1. The molecular weight excluding hydrogens is 254 g/mol. The quantitative estimate of drug-likeness (QED) is 0.685. The lowest BCUT2D eigenvalue weighted by molar-refractivity contribution is -0.105. The summed E-state index contributed by atoms with van der Waals surface area (Å²) in [6.07, 6.45) is 0.579. The van der Waals surface area contributed by atoms with E-state index in [2.05, 4.69) is 5.32 Å². The zero-order valence-electron chi connectivity index (χ0n) is 11.3. The number of methoxy groups -OCH3 is 1. The Morgan fingerprint density at radius 2 is 1.80 bits per heavy atom. The molecule has 0 unspecified atom stereocenters. The van der Waals surface area contributed by atoms with Crippen LogP contribution in [0.2, 0.25) is 0 Å². The first kappa shape index (κ1) is 13.8. The molecule has 2 aromatic carbocycles. The number of benzene rings is 2. The summed E-state index contributed by atoms with van der Waals surface area (Å²) >= 11 is 0. The molecule has 0 saturated heterocycles. The highest BCUT2D eigenvalue weighted by molar-refractivity contribution is 5.93. The summed E-state index contributed by atoms with van der Waals surface area (Å²) in [5, 5.41) is 2.56. The lowest BCUT2D eigenvalue weighted by Crippen LogP contribution is -2.03. The van der Waals surface area contributed by atoms with Gasteiger partial charge in [-0.15, -0.1) is 0 Å². The van der Waals surface area contributed by atoms with Crippen LogP contribution in [0.4, 0.5) is 5.69 Å². The first-order valence-corrected chi connectivity index (χ1v) is 6.14. The van der Waals surface area contributed by atoms with Gasteiger partial charge in [0.05, 0.1) is 12.7 Å². The third-order valence-electron chi connectivity index (χ3n) is 2.96. The topological polar surface area (TPSA) is 55.4 Å². The van der Waals surface area contributed by atoms with E-state index in [1.165, 1.54) is 7.11 Å². The van der Waals surface area contributed by atoms with E-state index in [-0.39, 0.29) is 0 Å². The van der Waals surface area contributed by atoms with E-state index in [1.807, 2.05) is 37.3 Å². The minimum Gasteiger partial charge on any atom is -0.465 e. The molecule has 1 N–H and O–H groups in total. The molecule has 4 nitrogen and oxygen atoms in total. The molecule has 20 heavy (non-hydrogen) atoms. The van der Waals surface area contributed by atoms with Gasteiger partial charge in [-0.3, -0.25) is 4.79 Å². The van der Waals surface area contributed by atoms with E-state index in [9.17, 15) is 9.59 Å². The lowest BCUT2D eigenvalue weighted by atomic mass is 10.0. The van der Waals surface area contributed by atoms with Crippen molar-refractivity contribution < 1.29 is 14.3 Å². The molecule has 0 aromatic heterocycles. The largest absolute Gasteiger partial charge is 0.465 e. The van der Waals surface area contributed by atoms with E-state index in [1.54, 1.807) is 12.1 Å². The minimum atomic E-state index is -0.437. The maximum Gasteiger partial charge on any atom is 0.337 e. The number of carbonyl (C=O) groups excluding carboxylic acids is 2. The van der Waals surface area contributed by atoms with Crippen molar-refractivity contribution in [3.63, 3.8) is 0 Å². The molecule has 102 valence electrons. The van der Waals surface area contributed by atoms with Crippen molar-refractivity contribution in [3.8, 4) is 11.1 Å². The summed E-state index contributed by atoms with van der Waals surface area (Å²) in [6.45, 7) is 2.01. The number of anilines is 1. The van der Waals surface area contributed by atoms with Gasteiger partial charge in [0.25, 0.3) is 0 Å². The molecule has 0 aliphatic heterocycles. The molecule has 0 bridgehead atoms. The third-order valence-corrected chi connectivity index (χ3v) is 2.96. The summed E-state index contributed by atoms with van der Waals surface area (Å²) < 4.78 is 4.72. The van der Waals surface area contributed by atoms with Crippen LogP contribution < -0.4 is 5.32 Å². The summed E-state index contributed by atoms with van der Waals surface area (Å²) in [5.74, 6) is -0.437. The van der Waals surface area contributed by atoms with E-state index in [4.69, 9.17) is 4.74 Å². The van der Waals surface area contributed by atoms with Crippen molar-refractivity contribution in [1.29, 1.82) is 0 Å². The summed E-state index contributed by atoms with van der Waals surface area (Å²) in [5.41, 5.74) is 3.92. The molecule has 0 aliphatic rings. The van der Waals surface area contributed by atoms with Crippen molar-refractivity contribution in [2.45, 2.75) is 6.92 Å². The molecule has 0 spiro atoms. The summed E-state index contributed by atoms with van der Waals surface area (Å²) in [7, 11) is 1.33. The zero-order chi connectivity index (χ0) is 14.5. The molecule has 0 fully saturated rings. The minimum absolute atomic E-state index is 0.398. The Balaban J connectivity index is 2.50. The highest BCUT2D eigenvalue weighted by atomic mass is 16.5. The van der Waals surface area contributed by atoms with Gasteiger partial charge in [0.1, 0.15) is 0 Å². The van der Waals surface area contributed by atoms with Crippen LogP contribution in [-0.4, -0.2) is 19.5 Å². The number of rotatable bonds is 4. The molecule has 0 saturated carbocycles. The van der Waals surface area contributed by atoms with Crippen molar-refractivity contribution in [2.24, 2.45) is 0 Å². The normalized spacial score (nSPS) is 9.90. The first-order chi connectivity index (χ1) is 9.63. The molecule has 2 rings (SSSR count). The van der Waals surface area contributed by atoms with Crippen LogP contribution >= 0.6 is 0 Å². The average Bonchev–Trinajstić information content (AvgIpc) is 2.47. The number of nitrogens with one attached hydrogen (secondary N) is 1. The smallest absolute Gasteiger partial charge is 0.337 e. The van der Waals surface area contributed by atoms with Crippen LogP contribution in [0.15, 0.2) is 42.5 Å². The Labute approximate surface area is 117 Å².